The molecule has 0 radical (unpaired) electrons. The normalized spacial score (nSPS) is 11.5. The van der Waals surface area contributed by atoms with E-state index in [1.807, 2.05) is 0 Å². The first-order chi connectivity index (χ1) is 7.88. The molecule has 96 valence electrons. The van der Waals surface area contributed by atoms with E-state index < -0.39 is 0 Å². The van der Waals surface area contributed by atoms with Crippen LogP contribution < -0.4 is 5.32 Å². The first-order valence-electron chi connectivity index (χ1n) is 5.72. The highest BCUT2D eigenvalue weighted by atomic mass is 16.2. The van der Waals surface area contributed by atoms with Crippen molar-refractivity contribution in [1.29, 1.82) is 0 Å². The summed E-state index contributed by atoms with van der Waals surface area (Å²) in [4.78, 5) is 17.4. The van der Waals surface area contributed by atoms with Crippen LogP contribution in [0.15, 0.2) is 6.33 Å². The van der Waals surface area contributed by atoms with Gasteiger partial charge in [-0.1, -0.05) is 0 Å². The quantitative estimate of drug-likeness (QED) is 0.786. The van der Waals surface area contributed by atoms with E-state index in [9.17, 15) is 4.79 Å². The fourth-order valence-corrected chi connectivity index (χ4v) is 1.36. The Balaban J connectivity index is 2.28. The van der Waals surface area contributed by atoms with Gasteiger partial charge in [-0.25, -0.2) is 4.98 Å². The van der Waals surface area contributed by atoms with Gasteiger partial charge < -0.3 is 10.2 Å². The molecule has 2 N–H and O–H groups in total. The average Bonchev–Trinajstić information content (AvgIpc) is 2.68. The van der Waals surface area contributed by atoms with E-state index in [-0.39, 0.29) is 11.4 Å². The van der Waals surface area contributed by atoms with Crippen molar-refractivity contribution >= 4 is 5.91 Å². The van der Waals surface area contributed by atoms with Crippen molar-refractivity contribution in [3.05, 3.63) is 12.2 Å². The molecule has 1 rings (SSSR count). The molecule has 0 atom stereocenters. The largest absolute Gasteiger partial charge is 0.338 e. The predicted octanol–water partition coefficient (Wildman–Crippen LogP) is 0.541. The van der Waals surface area contributed by atoms with Gasteiger partial charge in [-0.3, -0.25) is 9.89 Å². The Bertz CT molecular complexity index is 341. The summed E-state index contributed by atoms with van der Waals surface area (Å²) in [6.07, 6.45) is 1.93. The molecule has 0 bridgehead atoms. The van der Waals surface area contributed by atoms with Crippen molar-refractivity contribution in [2.75, 3.05) is 13.6 Å². The number of carbonyl (C=O) groups is 1. The molecule has 0 aliphatic carbocycles. The van der Waals surface area contributed by atoms with Crippen LogP contribution in [-0.2, 0) is 11.3 Å². The van der Waals surface area contributed by atoms with Gasteiger partial charge in [0.05, 0.1) is 6.54 Å². The minimum absolute atomic E-state index is 0.0454. The fraction of sp³-hybridized carbons (Fsp3) is 0.727. The zero-order valence-electron chi connectivity index (χ0n) is 10.9. The summed E-state index contributed by atoms with van der Waals surface area (Å²) in [5.74, 6) is 0.794. The number of rotatable bonds is 5. The van der Waals surface area contributed by atoms with Crippen molar-refractivity contribution in [2.45, 2.75) is 39.3 Å². The van der Waals surface area contributed by atoms with Crippen LogP contribution in [0, 0.1) is 0 Å². The molecular formula is C11H21N5O. The van der Waals surface area contributed by atoms with Crippen LogP contribution in [0.1, 0.15) is 33.0 Å². The molecular weight excluding hydrogens is 218 g/mol. The van der Waals surface area contributed by atoms with E-state index in [2.05, 4.69) is 41.3 Å². The number of aromatic amines is 1. The van der Waals surface area contributed by atoms with Gasteiger partial charge in [0.1, 0.15) is 12.2 Å². The van der Waals surface area contributed by atoms with E-state index >= 15 is 0 Å². The number of nitrogens with one attached hydrogen (secondary N) is 2. The topological polar surface area (TPSA) is 73.9 Å². The maximum atomic E-state index is 11.8. The van der Waals surface area contributed by atoms with Gasteiger partial charge in [-0.2, -0.15) is 5.10 Å². The maximum absolute atomic E-state index is 11.8. The first-order valence-corrected chi connectivity index (χ1v) is 5.72. The van der Waals surface area contributed by atoms with Gasteiger partial charge in [-0.05, 0) is 20.8 Å². The molecule has 0 aliphatic heterocycles. The summed E-state index contributed by atoms with van der Waals surface area (Å²) in [7, 11) is 1.77. The maximum Gasteiger partial charge on any atom is 0.223 e. The van der Waals surface area contributed by atoms with E-state index in [0.29, 0.717) is 25.3 Å². The van der Waals surface area contributed by atoms with Crippen molar-refractivity contribution in [1.82, 2.24) is 25.4 Å². The molecule has 0 unspecified atom stereocenters. The van der Waals surface area contributed by atoms with Crippen LogP contribution in [-0.4, -0.2) is 45.1 Å². The van der Waals surface area contributed by atoms with E-state index in [1.54, 1.807) is 11.9 Å². The van der Waals surface area contributed by atoms with E-state index in [4.69, 9.17) is 0 Å². The Morgan fingerprint density at radius 1 is 1.53 bits per heavy atom. The lowest BCUT2D eigenvalue weighted by atomic mass is 10.1. The van der Waals surface area contributed by atoms with Gasteiger partial charge >= 0.3 is 0 Å². The van der Waals surface area contributed by atoms with Gasteiger partial charge in [0.2, 0.25) is 5.91 Å². The summed E-state index contributed by atoms with van der Waals surface area (Å²) in [6, 6.07) is 0. The third kappa shape index (κ3) is 5.44. The Morgan fingerprint density at radius 2 is 2.24 bits per heavy atom. The molecule has 6 nitrogen and oxygen atoms in total. The van der Waals surface area contributed by atoms with E-state index in [0.717, 1.165) is 0 Å². The second-order valence-corrected chi connectivity index (χ2v) is 5.11. The molecule has 0 aromatic carbocycles. The molecule has 1 aromatic heterocycles. The van der Waals surface area contributed by atoms with Gasteiger partial charge in [0.25, 0.3) is 0 Å². The molecule has 0 fully saturated rings. The molecule has 0 spiro atoms. The molecule has 6 heteroatoms. The van der Waals surface area contributed by atoms with Gasteiger partial charge in [0, 0.05) is 25.6 Å². The minimum atomic E-state index is 0.0454. The number of hydrogen-bond donors (Lipinski definition) is 2. The number of hydrogen-bond acceptors (Lipinski definition) is 4. The van der Waals surface area contributed by atoms with Crippen LogP contribution in [0.4, 0.5) is 0 Å². The lowest BCUT2D eigenvalue weighted by Crippen LogP contribution is -2.38. The van der Waals surface area contributed by atoms with Crippen molar-refractivity contribution in [2.24, 2.45) is 0 Å². The van der Waals surface area contributed by atoms with Crippen molar-refractivity contribution < 1.29 is 4.79 Å². The average molecular weight is 239 g/mol. The van der Waals surface area contributed by atoms with E-state index in [1.165, 1.54) is 6.33 Å². The Kier molecular flexibility index (Phi) is 4.62. The van der Waals surface area contributed by atoms with Crippen molar-refractivity contribution in [3.8, 4) is 0 Å². The lowest BCUT2D eigenvalue weighted by Gasteiger charge is -2.21. The van der Waals surface area contributed by atoms with Gasteiger partial charge in [0.15, 0.2) is 0 Å². The van der Waals surface area contributed by atoms with Crippen molar-refractivity contribution in [3.63, 3.8) is 0 Å². The van der Waals surface area contributed by atoms with Crippen LogP contribution >= 0.6 is 0 Å². The third-order valence-electron chi connectivity index (χ3n) is 2.27. The summed E-state index contributed by atoms with van der Waals surface area (Å²) in [5.41, 5.74) is 0.0454. The lowest BCUT2D eigenvalue weighted by molar-refractivity contribution is -0.130. The fourth-order valence-electron chi connectivity index (χ4n) is 1.36. The zero-order chi connectivity index (χ0) is 12.9. The highest BCUT2D eigenvalue weighted by Gasteiger charge is 2.13. The minimum Gasteiger partial charge on any atom is -0.338 e. The monoisotopic (exact) mass is 239 g/mol. The Morgan fingerprint density at radius 3 is 2.76 bits per heavy atom. The highest BCUT2D eigenvalue weighted by molar-refractivity contribution is 5.75. The van der Waals surface area contributed by atoms with Crippen LogP contribution in [0.5, 0.6) is 0 Å². The Hall–Kier alpha value is -1.43. The summed E-state index contributed by atoms with van der Waals surface area (Å²) in [6.45, 7) is 7.39. The summed E-state index contributed by atoms with van der Waals surface area (Å²) >= 11 is 0. The molecule has 0 aliphatic rings. The number of H-pyrrole nitrogens is 1. The zero-order valence-corrected chi connectivity index (χ0v) is 10.9. The summed E-state index contributed by atoms with van der Waals surface area (Å²) in [5, 5.41) is 9.76. The third-order valence-corrected chi connectivity index (χ3v) is 2.27. The number of carbonyl (C=O) groups excluding carboxylic acids is 1. The van der Waals surface area contributed by atoms with Crippen LogP contribution in [0.25, 0.3) is 0 Å². The molecule has 1 aromatic rings. The molecule has 17 heavy (non-hydrogen) atoms. The second kappa shape index (κ2) is 5.77. The number of amides is 1. The summed E-state index contributed by atoms with van der Waals surface area (Å²) < 4.78 is 0. The molecule has 1 amide bonds. The Labute approximate surface area is 102 Å². The second-order valence-electron chi connectivity index (χ2n) is 5.11. The molecule has 0 saturated carbocycles. The predicted molar refractivity (Wildman–Crippen MR) is 65.2 cm³/mol. The standard InChI is InChI=1S/C11H21N5O/c1-11(2,3)13-6-5-10(17)16(4)7-9-12-8-14-15-9/h8,13H,5-7H2,1-4H3,(H,12,14,15). The molecule has 1 heterocycles. The van der Waals surface area contributed by atoms with Crippen LogP contribution in [0.2, 0.25) is 0 Å². The van der Waals surface area contributed by atoms with Crippen LogP contribution in [0.3, 0.4) is 0 Å². The highest BCUT2D eigenvalue weighted by Crippen LogP contribution is 2.00. The first kappa shape index (κ1) is 13.6. The smallest absolute Gasteiger partial charge is 0.223 e. The van der Waals surface area contributed by atoms with Gasteiger partial charge in [-0.15, -0.1) is 0 Å². The SMILES string of the molecule is CN(Cc1ncn[nH]1)C(=O)CCNC(C)(C)C. The number of aromatic nitrogens is 3. The molecule has 0 saturated heterocycles. The number of nitrogens with zero attached hydrogens (tertiary/aromatic N) is 3.